The molecule has 1 heterocycles. The molecule has 0 radical (unpaired) electrons. The molecule has 1 N–H and O–H groups in total. The van der Waals surface area contributed by atoms with Crippen LogP contribution in [0.4, 0.5) is 0 Å². The fourth-order valence-electron chi connectivity index (χ4n) is 2.05. The summed E-state index contributed by atoms with van der Waals surface area (Å²) in [7, 11) is 1.62. The zero-order valence-corrected chi connectivity index (χ0v) is 11.0. The Bertz CT molecular complexity index is 703. The largest absolute Gasteiger partial charge is 0.497 e. The van der Waals surface area contributed by atoms with E-state index in [2.05, 4.69) is 5.10 Å². The summed E-state index contributed by atoms with van der Waals surface area (Å²) in [6, 6.07) is 17.2. The van der Waals surface area contributed by atoms with Crippen LogP contribution in [0, 0.1) is 0 Å². The Morgan fingerprint density at radius 3 is 2.35 bits per heavy atom. The minimum atomic E-state index is 0.0130. The summed E-state index contributed by atoms with van der Waals surface area (Å²) < 4.78 is 6.79. The molecule has 0 fully saturated rings. The first kappa shape index (κ1) is 12.3. The molecule has 0 bridgehead atoms. The first-order valence-corrected chi connectivity index (χ1v) is 6.26. The third kappa shape index (κ3) is 2.23. The molecule has 0 atom stereocenters. The van der Waals surface area contributed by atoms with Crippen molar-refractivity contribution < 1.29 is 9.84 Å². The number of aromatic hydroxyl groups is 1. The Labute approximate surface area is 116 Å². The third-order valence-electron chi connectivity index (χ3n) is 3.12. The molecule has 1 aromatic heterocycles. The van der Waals surface area contributed by atoms with Gasteiger partial charge in [0.25, 0.3) is 0 Å². The summed E-state index contributed by atoms with van der Waals surface area (Å²) in [5.41, 5.74) is 2.49. The zero-order chi connectivity index (χ0) is 13.9. The van der Waals surface area contributed by atoms with Crippen LogP contribution in [-0.4, -0.2) is 22.0 Å². The number of hydrogen-bond donors (Lipinski definition) is 1. The lowest BCUT2D eigenvalue weighted by Crippen LogP contribution is -1.92. The number of methoxy groups -OCH3 is 1. The van der Waals surface area contributed by atoms with Gasteiger partial charge in [-0.1, -0.05) is 30.3 Å². The Hall–Kier alpha value is -2.75. The van der Waals surface area contributed by atoms with Gasteiger partial charge < -0.3 is 9.84 Å². The van der Waals surface area contributed by atoms with Crippen molar-refractivity contribution in [1.29, 1.82) is 0 Å². The van der Waals surface area contributed by atoms with Crippen LogP contribution in [0.5, 0.6) is 11.6 Å². The number of rotatable bonds is 3. The third-order valence-corrected chi connectivity index (χ3v) is 3.12. The van der Waals surface area contributed by atoms with Gasteiger partial charge in [-0.15, -0.1) is 5.10 Å². The van der Waals surface area contributed by atoms with Gasteiger partial charge in [0.2, 0.25) is 5.88 Å². The highest BCUT2D eigenvalue weighted by molar-refractivity contribution is 5.68. The maximum atomic E-state index is 10.0. The molecule has 4 heteroatoms. The van der Waals surface area contributed by atoms with E-state index < -0.39 is 0 Å². The van der Waals surface area contributed by atoms with Gasteiger partial charge in [0.15, 0.2) is 0 Å². The molecule has 2 aromatic carbocycles. The van der Waals surface area contributed by atoms with E-state index >= 15 is 0 Å². The maximum Gasteiger partial charge on any atom is 0.238 e. The minimum Gasteiger partial charge on any atom is -0.497 e. The second-order valence-corrected chi connectivity index (χ2v) is 4.38. The Balaban J connectivity index is 2.00. The van der Waals surface area contributed by atoms with Crippen molar-refractivity contribution >= 4 is 0 Å². The monoisotopic (exact) mass is 266 g/mol. The fourth-order valence-corrected chi connectivity index (χ4v) is 2.05. The average Bonchev–Trinajstić information content (AvgIpc) is 2.90. The smallest absolute Gasteiger partial charge is 0.238 e. The van der Waals surface area contributed by atoms with Crippen molar-refractivity contribution in [1.82, 2.24) is 9.78 Å². The Kier molecular flexibility index (Phi) is 3.13. The fraction of sp³-hybridized carbons (Fsp3) is 0.0625. The summed E-state index contributed by atoms with van der Waals surface area (Å²) in [6.45, 7) is 0. The second kappa shape index (κ2) is 5.09. The molecule has 3 aromatic rings. The number of para-hydroxylation sites is 1. The van der Waals surface area contributed by atoms with E-state index in [1.807, 2.05) is 60.8 Å². The van der Waals surface area contributed by atoms with Crippen molar-refractivity contribution in [2.45, 2.75) is 0 Å². The van der Waals surface area contributed by atoms with Gasteiger partial charge >= 0.3 is 0 Å². The van der Waals surface area contributed by atoms with E-state index in [1.165, 1.54) is 0 Å². The number of benzene rings is 2. The molecule has 0 saturated carbocycles. The van der Waals surface area contributed by atoms with E-state index in [4.69, 9.17) is 4.74 Å². The van der Waals surface area contributed by atoms with Crippen molar-refractivity contribution in [2.24, 2.45) is 0 Å². The molecule has 0 saturated heterocycles. The molecular formula is C16H14N2O2. The van der Waals surface area contributed by atoms with Gasteiger partial charge in [-0.3, -0.25) is 0 Å². The first-order valence-electron chi connectivity index (χ1n) is 6.26. The van der Waals surface area contributed by atoms with Gasteiger partial charge in [-0.05, 0) is 29.8 Å². The van der Waals surface area contributed by atoms with Crippen LogP contribution in [-0.2, 0) is 0 Å². The van der Waals surface area contributed by atoms with E-state index in [1.54, 1.807) is 11.8 Å². The molecule has 0 unspecified atom stereocenters. The highest BCUT2D eigenvalue weighted by Crippen LogP contribution is 2.30. The Morgan fingerprint density at radius 2 is 1.70 bits per heavy atom. The van der Waals surface area contributed by atoms with Crippen LogP contribution in [0.25, 0.3) is 16.8 Å². The lowest BCUT2D eigenvalue weighted by molar-refractivity contribution is 0.415. The molecule has 0 aliphatic heterocycles. The van der Waals surface area contributed by atoms with E-state index in [-0.39, 0.29) is 5.88 Å². The van der Waals surface area contributed by atoms with Gasteiger partial charge in [0, 0.05) is 6.20 Å². The van der Waals surface area contributed by atoms with Gasteiger partial charge in [0.1, 0.15) is 5.75 Å². The minimum absolute atomic E-state index is 0.0130. The number of nitrogens with zero attached hydrogens (tertiary/aromatic N) is 2. The lowest BCUT2D eigenvalue weighted by Gasteiger charge is -2.01. The quantitative estimate of drug-likeness (QED) is 0.791. The van der Waals surface area contributed by atoms with Crippen LogP contribution in [0.1, 0.15) is 0 Å². The SMILES string of the molecule is COc1ccc(-c2cn(-c3ccccc3)nc2O)cc1. The molecule has 4 nitrogen and oxygen atoms in total. The summed E-state index contributed by atoms with van der Waals surface area (Å²) in [6.07, 6.45) is 1.81. The predicted octanol–water partition coefficient (Wildman–Crippen LogP) is 3.25. The molecule has 20 heavy (non-hydrogen) atoms. The summed E-state index contributed by atoms with van der Waals surface area (Å²) >= 11 is 0. The molecule has 0 aliphatic carbocycles. The van der Waals surface area contributed by atoms with Crippen LogP contribution >= 0.6 is 0 Å². The highest BCUT2D eigenvalue weighted by Gasteiger charge is 2.10. The first-order chi connectivity index (χ1) is 9.78. The maximum absolute atomic E-state index is 10.0. The van der Waals surface area contributed by atoms with Crippen molar-refractivity contribution in [2.75, 3.05) is 7.11 Å². The molecule has 100 valence electrons. The van der Waals surface area contributed by atoms with Crippen LogP contribution in [0.15, 0.2) is 60.8 Å². The van der Waals surface area contributed by atoms with Crippen LogP contribution in [0.3, 0.4) is 0 Å². The van der Waals surface area contributed by atoms with Crippen LogP contribution in [0.2, 0.25) is 0 Å². The van der Waals surface area contributed by atoms with Crippen molar-refractivity contribution in [3.05, 3.63) is 60.8 Å². The summed E-state index contributed by atoms with van der Waals surface area (Å²) in [5.74, 6) is 0.794. The number of ether oxygens (including phenoxy) is 1. The van der Waals surface area contributed by atoms with Crippen molar-refractivity contribution in [3.8, 4) is 28.4 Å². The average molecular weight is 266 g/mol. The zero-order valence-electron chi connectivity index (χ0n) is 11.0. The molecule has 0 amide bonds. The summed E-state index contributed by atoms with van der Waals surface area (Å²) in [4.78, 5) is 0. The Morgan fingerprint density at radius 1 is 1.00 bits per heavy atom. The molecule has 0 aliphatic rings. The number of aromatic nitrogens is 2. The van der Waals surface area contributed by atoms with Gasteiger partial charge in [0.05, 0.1) is 18.4 Å². The van der Waals surface area contributed by atoms with Gasteiger partial charge in [-0.2, -0.15) is 0 Å². The molecular weight excluding hydrogens is 252 g/mol. The van der Waals surface area contributed by atoms with E-state index in [0.29, 0.717) is 5.56 Å². The molecule has 3 rings (SSSR count). The highest BCUT2D eigenvalue weighted by atomic mass is 16.5. The lowest BCUT2D eigenvalue weighted by atomic mass is 10.1. The number of hydrogen-bond acceptors (Lipinski definition) is 3. The van der Waals surface area contributed by atoms with Gasteiger partial charge in [-0.25, -0.2) is 4.68 Å². The second-order valence-electron chi connectivity index (χ2n) is 4.38. The topological polar surface area (TPSA) is 47.3 Å². The summed E-state index contributed by atoms with van der Waals surface area (Å²) in [5, 5.41) is 14.2. The van der Waals surface area contributed by atoms with Crippen molar-refractivity contribution in [3.63, 3.8) is 0 Å². The molecule has 0 spiro atoms. The van der Waals surface area contributed by atoms with E-state index in [9.17, 15) is 5.11 Å². The standard InChI is InChI=1S/C16H14N2O2/c1-20-14-9-7-12(8-10-14)15-11-18(17-16(15)19)13-5-3-2-4-6-13/h2-11H,1H3,(H,17,19). The van der Waals surface area contributed by atoms with Crippen LogP contribution < -0.4 is 4.74 Å². The van der Waals surface area contributed by atoms with E-state index in [0.717, 1.165) is 17.0 Å². The normalized spacial score (nSPS) is 10.4. The predicted molar refractivity (Wildman–Crippen MR) is 77.2 cm³/mol.